The molecule has 0 N–H and O–H groups in total. The Kier molecular flexibility index (Phi) is 3.20. The van der Waals surface area contributed by atoms with Gasteiger partial charge in [-0.25, -0.2) is 0 Å². The van der Waals surface area contributed by atoms with Gasteiger partial charge in [-0.2, -0.15) is 0 Å². The van der Waals surface area contributed by atoms with Gasteiger partial charge in [0.2, 0.25) is 0 Å². The van der Waals surface area contributed by atoms with Gasteiger partial charge in [-0.1, -0.05) is 48.0 Å². The number of hydrogen-bond donors (Lipinski definition) is 0. The lowest BCUT2D eigenvalue weighted by molar-refractivity contribution is 0.670. The highest BCUT2D eigenvalue weighted by molar-refractivity contribution is 9.10. The van der Waals surface area contributed by atoms with Gasteiger partial charge in [0.25, 0.3) is 0 Å². The predicted octanol–water partition coefficient (Wildman–Crippen LogP) is 4.53. The summed E-state index contributed by atoms with van der Waals surface area (Å²) in [6.07, 6.45) is 2.00. The van der Waals surface area contributed by atoms with Crippen molar-refractivity contribution in [1.82, 2.24) is 0 Å². The normalized spacial score (nSPS) is 11.5. The van der Waals surface area contributed by atoms with Crippen molar-refractivity contribution in [2.24, 2.45) is 0 Å². The van der Waals surface area contributed by atoms with E-state index in [1.807, 2.05) is 6.08 Å². The number of allylic oxidation sites excluding steroid dienone is 1. The molecule has 0 aromatic heterocycles. The van der Waals surface area contributed by atoms with Crippen LogP contribution in [-0.4, -0.2) is 0 Å². The molecular formula is C13H17Br. The summed E-state index contributed by atoms with van der Waals surface area (Å²) in [5.41, 5.74) is 3.95. The van der Waals surface area contributed by atoms with E-state index in [0.29, 0.717) is 0 Å². The molecule has 0 radical (unpaired) electrons. The second kappa shape index (κ2) is 3.90. The van der Waals surface area contributed by atoms with Crippen molar-refractivity contribution >= 4 is 15.9 Å². The monoisotopic (exact) mass is 252 g/mol. The van der Waals surface area contributed by atoms with Crippen LogP contribution in [0.4, 0.5) is 0 Å². The minimum atomic E-state index is 0.0518. The molecule has 14 heavy (non-hydrogen) atoms. The van der Waals surface area contributed by atoms with E-state index in [2.05, 4.69) is 62.3 Å². The number of halogens is 1. The van der Waals surface area contributed by atoms with E-state index in [0.717, 1.165) is 0 Å². The lowest BCUT2D eigenvalue weighted by Gasteiger charge is -2.22. The van der Waals surface area contributed by atoms with Crippen molar-refractivity contribution in [3.8, 4) is 0 Å². The van der Waals surface area contributed by atoms with Gasteiger partial charge in [-0.15, -0.1) is 6.58 Å². The van der Waals surface area contributed by atoms with E-state index in [-0.39, 0.29) is 5.41 Å². The molecule has 0 saturated heterocycles. The molecule has 0 amide bonds. The molecule has 0 spiro atoms. The van der Waals surface area contributed by atoms with Gasteiger partial charge in [0.1, 0.15) is 0 Å². The summed E-state index contributed by atoms with van der Waals surface area (Å²) in [7, 11) is 0. The number of rotatable bonds is 2. The van der Waals surface area contributed by atoms with Crippen LogP contribution in [0, 0.1) is 13.8 Å². The fourth-order valence-electron chi connectivity index (χ4n) is 1.44. The maximum absolute atomic E-state index is 3.88. The van der Waals surface area contributed by atoms with Gasteiger partial charge in [0.15, 0.2) is 0 Å². The Morgan fingerprint density at radius 1 is 1.21 bits per heavy atom. The average molecular weight is 253 g/mol. The molecular weight excluding hydrogens is 236 g/mol. The molecule has 0 atom stereocenters. The van der Waals surface area contributed by atoms with Crippen LogP contribution in [0.25, 0.3) is 0 Å². The van der Waals surface area contributed by atoms with Crippen LogP contribution < -0.4 is 0 Å². The third-order valence-corrected chi connectivity index (χ3v) is 3.94. The van der Waals surface area contributed by atoms with Crippen molar-refractivity contribution in [3.63, 3.8) is 0 Å². The van der Waals surface area contributed by atoms with E-state index in [9.17, 15) is 0 Å². The highest BCUT2D eigenvalue weighted by Gasteiger charge is 2.17. The van der Waals surface area contributed by atoms with E-state index < -0.39 is 0 Å². The molecule has 1 aromatic rings. The molecule has 0 aliphatic carbocycles. The molecule has 0 saturated carbocycles. The van der Waals surface area contributed by atoms with Crippen molar-refractivity contribution in [2.45, 2.75) is 33.1 Å². The molecule has 76 valence electrons. The van der Waals surface area contributed by atoms with Gasteiger partial charge in [0.05, 0.1) is 0 Å². The Labute approximate surface area is 95.2 Å². The smallest absolute Gasteiger partial charge is 0.0233 e. The zero-order valence-electron chi connectivity index (χ0n) is 9.32. The molecule has 0 aliphatic heterocycles. The first kappa shape index (κ1) is 11.5. The van der Waals surface area contributed by atoms with E-state index in [1.165, 1.54) is 21.2 Å². The van der Waals surface area contributed by atoms with Crippen LogP contribution in [0.2, 0.25) is 0 Å². The highest BCUT2D eigenvalue weighted by Crippen LogP contribution is 2.30. The molecule has 1 heteroatoms. The number of hydrogen-bond acceptors (Lipinski definition) is 0. The first-order valence-electron chi connectivity index (χ1n) is 4.79. The summed E-state index contributed by atoms with van der Waals surface area (Å²) in [6, 6.07) is 4.44. The van der Waals surface area contributed by atoms with Gasteiger partial charge in [-0.3, -0.25) is 0 Å². The molecule has 0 nitrogen and oxygen atoms in total. The predicted molar refractivity (Wildman–Crippen MR) is 66.8 cm³/mol. The third kappa shape index (κ3) is 2.09. The maximum atomic E-state index is 3.88. The molecule has 0 aliphatic rings. The SMILES string of the molecule is C=CC(C)(C)c1cc(C)c(Br)c(C)c1. The lowest BCUT2D eigenvalue weighted by atomic mass is 9.83. The molecule has 1 rings (SSSR count). The third-order valence-electron chi connectivity index (χ3n) is 2.69. The Balaban J connectivity index is 3.32. The molecule has 0 unspecified atom stereocenters. The van der Waals surface area contributed by atoms with E-state index in [4.69, 9.17) is 0 Å². The van der Waals surface area contributed by atoms with Gasteiger partial charge in [0, 0.05) is 9.89 Å². The Bertz CT molecular complexity index is 338. The van der Waals surface area contributed by atoms with Crippen molar-refractivity contribution in [1.29, 1.82) is 0 Å². The van der Waals surface area contributed by atoms with Gasteiger partial charge in [-0.05, 0) is 30.5 Å². The first-order valence-corrected chi connectivity index (χ1v) is 5.58. The zero-order chi connectivity index (χ0) is 10.9. The molecule has 1 aromatic carbocycles. The minimum absolute atomic E-state index is 0.0518. The summed E-state index contributed by atoms with van der Waals surface area (Å²) >= 11 is 3.58. The summed E-state index contributed by atoms with van der Waals surface area (Å²) in [4.78, 5) is 0. The van der Waals surface area contributed by atoms with E-state index >= 15 is 0 Å². The Hall–Kier alpha value is -0.560. The van der Waals surface area contributed by atoms with Crippen molar-refractivity contribution in [3.05, 3.63) is 46.0 Å². The molecule has 0 bridgehead atoms. The highest BCUT2D eigenvalue weighted by atomic mass is 79.9. The summed E-state index contributed by atoms with van der Waals surface area (Å²) in [5.74, 6) is 0. The summed E-state index contributed by atoms with van der Waals surface area (Å²) < 4.78 is 1.21. The fourth-order valence-corrected chi connectivity index (χ4v) is 1.66. The Morgan fingerprint density at radius 3 is 2.00 bits per heavy atom. The quantitative estimate of drug-likeness (QED) is 0.679. The Morgan fingerprint density at radius 2 is 1.64 bits per heavy atom. The first-order chi connectivity index (χ1) is 6.38. The van der Waals surface area contributed by atoms with Crippen LogP contribution in [0.15, 0.2) is 29.3 Å². The largest absolute Gasteiger partial charge is 0.102 e. The standard InChI is InChI=1S/C13H17Br/c1-6-13(4,5)11-7-9(2)12(14)10(3)8-11/h6-8H,1H2,2-5H3. The lowest BCUT2D eigenvalue weighted by Crippen LogP contribution is -2.13. The number of aryl methyl sites for hydroxylation is 2. The minimum Gasteiger partial charge on any atom is -0.102 e. The molecule has 0 fully saturated rings. The fraction of sp³-hybridized carbons (Fsp3) is 0.385. The van der Waals surface area contributed by atoms with Crippen molar-refractivity contribution in [2.75, 3.05) is 0 Å². The summed E-state index contributed by atoms with van der Waals surface area (Å²) in [5, 5.41) is 0. The van der Waals surface area contributed by atoms with Crippen LogP contribution in [0.1, 0.15) is 30.5 Å². The zero-order valence-corrected chi connectivity index (χ0v) is 10.9. The maximum Gasteiger partial charge on any atom is 0.0233 e. The number of benzene rings is 1. The van der Waals surface area contributed by atoms with Gasteiger partial charge >= 0.3 is 0 Å². The second-order valence-electron chi connectivity index (χ2n) is 4.35. The summed E-state index contributed by atoms with van der Waals surface area (Å²) in [6.45, 7) is 12.5. The van der Waals surface area contributed by atoms with Crippen LogP contribution >= 0.6 is 15.9 Å². The van der Waals surface area contributed by atoms with Crippen molar-refractivity contribution < 1.29 is 0 Å². The van der Waals surface area contributed by atoms with Crippen LogP contribution in [-0.2, 0) is 5.41 Å². The van der Waals surface area contributed by atoms with Crippen LogP contribution in [0.5, 0.6) is 0 Å². The van der Waals surface area contributed by atoms with Crippen LogP contribution in [0.3, 0.4) is 0 Å². The molecule has 0 heterocycles. The average Bonchev–Trinajstić information content (AvgIpc) is 2.13. The topological polar surface area (TPSA) is 0 Å². The second-order valence-corrected chi connectivity index (χ2v) is 5.14. The van der Waals surface area contributed by atoms with Gasteiger partial charge < -0.3 is 0 Å². The van der Waals surface area contributed by atoms with E-state index in [1.54, 1.807) is 0 Å².